The van der Waals surface area contributed by atoms with Gasteiger partial charge in [-0.2, -0.15) is 0 Å². The normalized spacial score (nSPS) is 16.2. The molecule has 1 fully saturated rings. The molecule has 1 saturated heterocycles. The van der Waals surface area contributed by atoms with E-state index in [-0.39, 0.29) is 24.2 Å². The van der Waals surface area contributed by atoms with Crippen LogP contribution in [0, 0.1) is 0 Å². The maximum absolute atomic E-state index is 12.2. The second-order valence-corrected chi connectivity index (χ2v) is 6.68. The molecule has 144 valence electrons. The third-order valence-corrected chi connectivity index (χ3v) is 4.66. The molecule has 2 N–H and O–H groups in total. The van der Waals surface area contributed by atoms with Crippen LogP contribution in [-0.4, -0.2) is 41.7 Å². The molecule has 7 heteroatoms. The monoisotopic (exact) mass is 379 g/mol. The van der Waals surface area contributed by atoms with Crippen molar-refractivity contribution in [3.63, 3.8) is 0 Å². The van der Waals surface area contributed by atoms with E-state index in [1.807, 2.05) is 12.1 Å². The van der Waals surface area contributed by atoms with E-state index in [1.54, 1.807) is 36.4 Å². The summed E-state index contributed by atoms with van der Waals surface area (Å²) in [4.78, 5) is 31.4. The predicted octanol–water partition coefficient (Wildman–Crippen LogP) is 2.26. The number of benzene rings is 2. The molecule has 4 rings (SSSR count). The number of H-pyrrole nitrogens is 1. The first-order chi connectivity index (χ1) is 13.7. The zero-order chi connectivity index (χ0) is 19.3. The van der Waals surface area contributed by atoms with Crippen LogP contribution < -0.4 is 15.6 Å². The molecular formula is C21H21N3O4. The Labute approximate surface area is 161 Å². The molecule has 0 radical (unpaired) electrons. The summed E-state index contributed by atoms with van der Waals surface area (Å²) in [6.45, 7) is 1.22. The molecule has 0 bridgehead atoms. The van der Waals surface area contributed by atoms with E-state index < -0.39 is 0 Å². The predicted molar refractivity (Wildman–Crippen MR) is 105 cm³/mol. The van der Waals surface area contributed by atoms with Crippen LogP contribution in [0.1, 0.15) is 12.8 Å². The highest BCUT2D eigenvalue weighted by Crippen LogP contribution is 2.20. The lowest BCUT2D eigenvalue weighted by Gasteiger charge is -2.11. The van der Waals surface area contributed by atoms with Crippen LogP contribution in [0.2, 0.25) is 0 Å². The quantitative estimate of drug-likeness (QED) is 0.685. The summed E-state index contributed by atoms with van der Waals surface area (Å²) in [6, 6.07) is 14.3. The minimum Gasteiger partial charge on any atom is -0.484 e. The van der Waals surface area contributed by atoms with Gasteiger partial charge in [-0.1, -0.05) is 12.1 Å². The van der Waals surface area contributed by atoms with Crippen molar-refractivity contribution in [2.24, 2.45) is 0 Å². The van der Waals surface area contributed by atoms with E-state index in [1.165, 1.54) is 0 Å². The van der Waals surface area contributed by atoms with Crippen molar-refractivity contribution in [2.75, 3.05) is 19.8 Å². The Morgan fingerprint density at radius 3 is 2.82 bits per heavy atom. The highest BCUT2D eigenvalue weighted by atomic mass is 16.5. The first kappa shape index (κ1) is 18.2. The number of aromatic amines is 1. The lowest BCUT2D eigenvalue weighted by molar-refractivity contribution is -0.123. The van der Waals surface area contributed by atoms with Crippen LogP contribution in [0.5, 0.6) is 5.75 Å². The first-order valence-electron chi connectivity index (χ1n) is 9.29. The van der Waals surface area contributed by atoms with E-state index in [2.05, 4.69) is 15.3 Å². The molecular weight excluding hydrogens is 358 g/mol. The summed E-state index contributed by atoms with van der Waals surface area (Å²) < 4.78 is 11.0. The Bertz CT molecular complexity index is 1020. The maximum atomic E-state index is 12.2. The number of carbonyl (C=O) groups is 1. The molecule has 7 nitrogen and oxygen atoms in total. The average molecular weight is 379 g/mol. The number of carbonyl (C=O) groups excluding carboxylic acids is 1. The Morgan fingerprint density at radius 2 is 2.04 bits per heavy atom. The average Bonchev–Trinajstić information content (AvgIpc) is 3.25. The molecule has 1 aromatic heterocycles. The lowest BCUT2D eigenvalue weighted by atomic mass is 10.2. The van der Waals surface area contributed by atoms with E-state index in [9.17, 15) is 9.59 Å². The molecule has 1 aliphatic heterocycles. The molecule has 0 saturated carbocycles. The van der Waals surface area contributed by atoms with Gasteiger partial charge < -0.3 is 19.8 Å². The van der Waals surface area contributed by atoms with Gasteiger partial charge in [-0.15, -0.1) is 0 Å². The molecule has 28 heavy (non-hydrogen) atoms. The molecule has 1 amide bonds. The van der Waals surface area contributed by atoms with Gasteiger partial charge in [-0.3, -0.25) is 9.59 Å². The van der Waals surface area contributed by atoms with E-state index >= 15 is 0 Å². The Hall–Kier alpha value is -3.19. The van der Waals surface area contributed by atoms with Crippen LogP contribution in [0.3, 0.4) is 0 Å². The third kappa shape index (κ3) is 4.20. The van der Waals surface area contributed by atoms with Gasteiger partial charge in [-0.05, 0) is 49.2 Å². The zero-order valence-electron chi connectivity index (χ0n) is 15.3. The van der Waals surface area contributed by atoms with Crippen molar-refractivity contribution >= 4 is 16.8 Å². The third-order valence-electron chi connectivity index (χ3n) is 4.66. The summed E-state index contributed by atoms with van der Waals surface area (Å²) >= 11 is 0. The smallest absolute Gasteiger partial charge is 0.259 e. The largest absolute Gasteiger partial charge is 0.484 e. The molecule has 0 aliphatic carbocycles. The van der Waals surface area contributed by atoms with Crippen molar-refractivity contribution in [3.8, 4) is 17.1 Å². The lowest BCUT2D eigenvalue weighted by Crippen LogP contribution is -2.35. The topological polar surface area (TPSA) is 93.3 Å². The van der Waals surface area contributed by atoms with E-state index in [0.29, 0.717) is 29.0 Å². The minimum absolute atomic E-state index is 0.0584. The fraction of sp³-hybridized carbons (Fsp3) is 0.286. The molecule has 1 atom stereocenters. The van der Waals surface area contributed by atoms with Gasteiger partial charge >= 0.3 is 0 Å². The van der Waals surface area contributed by atoms with Crippen LogP contribution >= 0.6 is 0 Å². The number of hydrogen-bond donors (Lipinski definition) is 2. The highest BCUT2D eigenvalue weighted by molar-refractivity contribution is 5.79. The van der Waals surface area contributed by atoms with E-state index in [0.717, 1.165) is 25.0 Å². The van der Waals surface area contributed by atoms with Gasteiger partial charge in [-0.25, -0.2) is 4.98 Å². The van der Waals surface area contributed by atoms with Crippen molar-refractivity contribution < 1.29 is 14.3 Å². The number of para-hydroxylation sites is 1. The van der Waals surface area contributed by atoms with Crippen LogP contribution in [0.25, 0.3) is 22.3 Å². The molecule has 2 heterocycles. The van der Waals surface area contributed by atoms with Crippen molar-refractivity contribution in [1.29, 1.82) is 0 Å². The summed E-state index contributed by atoms with van der Waals surface area (Å²) in [6.07, 6.45) is 2.13. The maximum Gasteiger partial charge on any atom is 0.259 e. The van der Waals surface area contributed by atoms with Crippen LogP contribution in [0.4, 0.5) is 0 Å². The highest BCUT2D eigenvalue weighted by Gasteiger charge is 2.16. The van der Waals surface area contributed by atoms with E-state index in [4.69, 9.17) is 9.47 Å². The standard InChI is InChI=1S/C21H21N3O4/c25-19(22-12-16-4-3-11-27-16)13-28-15-9-7-14(8-10-15)20-23-18-6-2-1-5-17(18)21(26)24-20/h1-2,5-10,16H,3-4,11-13H2,(H,22,25)(H,23,24,26). The molecule has 1 aliphatic rings. The summed E-state index contributed by atoms with van der Waals surface area (Å²) in [5.41, 5.74) is 1.23. The Morgan fingerprint density at radius 1 is 1.21 bits per heavy atom. The van der Waals surface area contributed by atoms with Crippen LogP contribution in [0.15, 0.2) is 53.3 Å². The fourth-order valence-electron chi connectivity index (χ4n) is 3.17. The fourth-order valence-corrected chi connectivity index (χ4v) is 3.17. The molecule has 3 aromatic rings. The number of nitrogens with zero attached hydrogens (tertiary/aromatic N) is 1. The molecule has 0 spiro atoms. The number of hydrogen-bond acceptors (Lipinski definition) is 5. The van der Waals surface area contributed by atoms with Gasteiger partial charge in [0.25, 0.3) is 11.5 Å². The van der Waals surface area contributed by atoms with Gasteiger partial charge in [0.1, 0.15) is 11.6 Å². The number of rotatable bonds is 6. The van der Waals surface area contributed by atoms with Crippen molar-refractivity contribution in [2.45, 2.75) is 18.9 Å². The molecule has 2 aromatic carbocycles. The Kier molecular flexibility index (Phi) is 5.34. The van der Waals surface area contributed by atoms with Gasteiger partial charge in [0.15, 0.2) is 6.61 Å². The number of fused-ring (bicyclic) bond motifs is 1. The summed E-state index contributed by atoms with van der Waals surface area (Å²) in [5, 5.41) is 3.37. The first-order valence-corrected chi connectivity index (χ1v) is 9.29. The second-order valence-electron chi connectivity index (χ2n) is 6.68. The van der Waals surface area contributed by atoms with Crippen LogP contribution in [-0.2, 0) is 9.53 Å². The number of ether oxygens (including phenoxy) is 2. The second kappa shape index (κ2) is 8.22. The van der Waals surface area contributed by atoms with Gasteiger partial charge in [0, 0.05) is 18.7 Å². The zero-order valence-corrected chi connectivity index (χ0v) is 15.3. The van der Waals surface area contributed by atoms with Crippen molar-refractivity contribution in [1.82, 2.24) is 15.3 Å². The minimum atomic E-state index is -0.180. The number of nitrogens with one attached hydrogen (secondary N) is 2. The van der Waals surface area contributed by atoms with Gasteiger partial charge in [0.05, 0.1) is 17.0 Å². The summed E-state index contributed by atoms with van der Waals surface area (Å²) in [5.74, 6) is 0.879. The van der Waals surface area contributed by atoms with Crippen molar-refractivity contribution in [3.05, 3.63) is 58.9 Å². The Balaban J connectivity index is 1.37. The number of amides is 1. The summed E-state index contributed by atoms with van der Waals surface area (Å²) in [7, 11) is 0. The SMILES string of the molecule is O=C(COc1ccc(-c2nc3ccccc3c(=O)[nH]2)cc1)NCC1CCCO1. The van der Waals surface area contributed by atoms with Gasteiger partial charge in [0.2, 0.25) is 0 Å². The number of aromatic nitrogens is 2. The molecule has 1 unspecified atom stereocenters.